The van der Waals surface area contributed by atoms with E-state index < -0.39 is 0 Å². The van der Waals surface area contributed by atoms with E-state index in [0.717, 1.165) is 20.9 Å². The molecule has 2 aromatic rings. The maximum atomic E-state index is 8.85. The minimum Gasteiger partial charge on any atom is -0.198 e. The Morgan fingerprint density at radius 1 is 0.737 bits per heavy atom. The summed E-state index contributed by atoms with van der Waals surface area (Å²) >= 11 is 1.62. The fourth-order valence-electron chi connectivity index (χ4n) is 1.79. The summed E-state index contributed by atoms with van der Waals surface area (Å²) in [5.74, 6) is 0. The molecular weight excluding hydrogens is 252 g/mol. The molecule has 0 aliphatic heterocycles. The quantitative estimate of drug-likeness (QED) is 0.839. The van der Waals surface area contributed by atoms with Gasteiger partial charge in [-0.3, -0.25) is 0 Å². The van der Waals surface area contributed by atoms with Crippen molar-refractivity contribution in [3.8, 4) is 12.1 Å². The maximum Gasteiger partial charge on any atom is 0.0670 e. The number of hydrogen-bond acceptors (Lipinski definition) is 3. The Hall–Kier alpha value is -2.23. The molecule has 0 radical (unpaired) electrons. The summed E-state index contributed by atoms with van der Waals surface area (Å²) in [5, 5.41) is 17.7. The van der Waals surface area contributed by atoms with Crippen LogP contribution in [0.25, 0.3) is 0 Å². The molecule has 0 spiro atoms. The lowest BCUT2D eigenvalue weighted by molar-refractivity contribution is 1.16. The number of nitriles is 2. The van der Waals surface area contributed by atoms with Crippen LogP contribution in [0.4, 0.5) is 0 Å². The van der Waals surface area contributed by atoms with Gasteiger partial charge in [0, 0.05) is 9.79 Å². The van der Waals surface area contributed by atoms with E-state index >= 15 is 0 Å². The molecule has 0 atom stereocenters. The van der Waals surface area contributed by atoms with Gasteiger partial charge >= 0.3 is 0 Å². The van der Waals surface area contributed by atoms with E-state index in [1.807, 2.05) is 48.5 Å². The van der Waals surface area contributed by atoms with Gasteiger partial charge in [0.1, 0.15) is 0 Å². The highest BCUT2D eigenvalue weighted by Gasteiger charge is 2.07. The highest BCUT2D eigenvalue weighted by Crippen LogP contribution is 2.33. The Kier molecular flexibility index (Phi) is 4.61. The third kappa shape index (κ3) is 3.37. The van der Waals surface area contributed by atoms with Crippen molar-refractivity contribution >= 4 is 11.8 Å². The molecule has 2 nitrogen and oxygen atoms in total. The van der Waals surface area contributed by atoms with E-state index in [1.165, 1.54) is 0 Å². The van der Waals surface area contributed by atoms with Crippen LogP contribution in [-0.2, 0) is 12.8 Å². The molecule has 3 heteroatoms. The molecule has 0 bridgehead atoms. The monoisotopic (exact) mass is 264 g/mol. The molecule has 0 amide bonds. The number of rotatable bonds is 4. The second kappa shape index (κ2) is 6.64. The highest BCUT2D eigenvalue weighted by molar-refractivity contribution is 7.99. The van der Waals surface area contributed by atoms with Crippen molar-refractivity contribution in [3.63, 3.8) is 0 Å². The summed E-state index contributed by atoms with van der Waals surface area (Å²) in [5.41, 5.74) is 2.06. The van der Waals surface area contributed by atoms with Crippen LogP contribution in [0, 0.1) is 22.7 Å². The molecule has 92 valence electrons. The zero-order chi connectivity index (χ0) is 13.5. The van der Waals surface area contributed by atoms with Crippen LogP contribution < -0.4 is 0 Å². The van der Waals surface area contributed by atoms with Crippen molar-refractivity contribution in [1.29, 1.82) is 10.5 Å². The minimum atomic E-state index is 0.406. The van der Waals surface area contributed by atoms with Crippen molar-refractivity contribution in [2.75, 3.05) is 0 Å². The van der Waals surface area contributed by atoms with Gasteiger partial charge in [-0.05, 0) is 23.3 Å². The molecule has 0 fully saturated rings. The summed E-state index contributed by atoms with van der Waals surface area (Å²) in [4.78, 5) is 2.16. The predicted molar refractivity (Wildman–Crippen MR) is 75.6 cm³/mol. The first-order valence-corrected chi connectivity index (χ1v) is 6.74. The Morgan fingerprint density at radius 3 is 1.58 bits per heavy atom. The third-order valence-corrected chi connectivity index (χ3v) is 3.94. The van der Waals surface area contributed by atoms with Crippen molar-refractivity contribution < 1.29 is 0 Å². The maximum absolute atomic E-state index is 8.85. The van der Waals surface area contributed by atoms with Crippen molar-refractivity contribution in [1.82, 2.24) is 0 Å². The first-order valence-electron chi connectivity index (χ1n) is 5.92. The fourth-order valence-corrected chi connectivity index (χ4v) is 2.86. The van der Waals surface area contributed by atoms with Crippen LogP contribution in [0.5, 0.6) is 0 Å². The molecular formula is C16H12N2S. The normalized spacial score (nSPS) is 9.58. The largest absolute Gasteiger partial charge is 0.198 e. The van der Waals surface area contributed by atoms with E-state index in [1.54, 1.807) is 11.8 Å². The molecule has 0 saturated carbocycles. The smallest absolute Gasteiger partial charge is 0.0670 e. The standard InChI is InChI=1S/C16H12N2S/c17-11-9-13-5-1-3-7-15(13)19-16-8-4-2-6-14(16)10-12-18/h1-8H,9-10H2. The minimum absolute atomic E-state index is 0.406. The summed E-state index contributed by atoms with van der Waals surface area (Å²) in [6.45, 7) is 0. The van der Waals surface area contributed by atoms with Gasteiger partial charge in [-0.15, -0.1) is 0 Å². The van der Waals surface area contributed by atoms with Gasteiger partial charge in [0.05, 0.1) is 25.0 Å². The zero-order valence-electron chi connectivity index (χ0n) is 10.3. The number of hydrogen-bond donors (Lipinski definition) is 0. The van der Waals surface area contributed by atoms with Crippen LogP contribution in [0.15, 0.2) is 58.3 Å². The average molecular weight is 264 g/mol. The van der Waals surface area contributed by atoms with Crippen LogP contribution in [0.3, 0.4) is 0 Å². The molecule has 0 aromatic heterocycles. The number of nitrogens with zero attached hydrogens (tertiary/aromatic N) is 2. The Bertz CT molecular complexity index is 593. The second-order valence-corrected chi connectivity index (χ2v) is 5.07. The van der Waals surface area contributed by atoms with Gasteiger partial charge in [0.25, 0.3) is 0 Å². The summed E-state index contributed by atoms with van der Waals surface area (Å²) in [6, 6.07) is 20.2. The first-order chi connectivity index (χ1) is 9.35. The fraction of sp³-hybridized carbons (Fsp3) is 0.125. The Balaban J connectivity index is 2.32. The number of benzene rings is 2. The van der Waals surface area contributed by atoms with Crippen molar-refractivity contribution in [2.45, 2.75) is 22.6 Å². The first kappa shape index (κ1) is 13.2. The lowest BCUT2D eigenvalue weighted by Gasteiger charge is -2.09. The van der Waals surface area contributed by atoms with E-state index in [9.17, 15) is 0 Å². The van der Waals surface area contributed by atoms with Gasteiger partial charge in [-0.25, -0.2) is 0 Å². The third-order valence-electron chi connectivity index (χ3n) is 2.70. The van der Waals surface area contributed by atoms with Gasteiger partial charge in [-0.2, -0.15) is 10.5 Å². The molecule has 0 N–H and O–H groups in total. The van der Waals surface area contributed by atoms with Gasteiger partial charge in [0.2, 0.25) is 0 Å². The predicted octanol–water partition coefficient (Wildman–Crippen LogP) is 3.97. The van der Waals surface area contributed by atoms with E-state index in [4.69, 9.17) is 10.5 Å². The van der Waals surface area contributed by atoms with Crippen LogP contribution in [0.1, 0.15) is 11.1 Å². The van der Waals surface area contributed by atoms with Crippen LogP contribution >= 0.6 is 11.8 Å². The summed E-state index contributed by atoms with van der Waals surface area (Å²) < 4.78 is 0. The molecule has 2 aromatic carbocycles. The van der Waals surface area contributed by atoms with Gasteiger partial charge in [-0.1, -0.05) is 48.2 Å². The molecule has 0 saturated heterocycles. The lowest BCUT2D eigenvalue weighted by atomic mass is 10.2. The highest BCUT2D eigenvalue weighted by atomic mass is 32.2. The van der Waals surface area contributed by atoms with E-state index in [-0.39, 0.29) is 0 Å². The average Bonchev–Trinajstić information content (AvgIpc) is 2.44. The molecule has 0 unspecified atom stereocenters. The summed E-state index contributed by atoms with van der Waals surface area (Å²) in [7, 11) is 0. The van der Waals surface area contributed by atoms with E-state index in [0.29, 0.717) is 12.8 Å². The molecule has 0 heterocycles. The summed E-state index contributed by atoms with van der Waals surface area (Å²) in [6.07, 6.45) is 0.813. The van der Waals surface area contributed by atoms with E-state index in [2.05, 4.69) is 12.1 Å². The van der Waals surface area contributed by atoms with Crippen molar-refractivity contribution in [3.05, 3.63) is 59.7 Å². The Labute approximate surface area is 117 Å². The molecule has 19 heavy (non-hydrogen) atoms. The van der Waals surface area contributed by atoms with Crippen LogP contribution in [0.2, 0.25) is 0 Å². The van der Waals surface area contributed by atoms with Crippen LogP contribution in [-0.4, -0.2) is 0 Å². The second-order valence-electron chi connectivity index (χ2n) is 3.99. The molecule has 2 rings (SSSR count). The lowest BCUT2D eigenvalue weighted by Crippen LogP contribution is -1.89. The van der Waals surface area contributed by atoms with Gasteiger partial charge in [0.15, 0.2) is 0 Å². The van der Waals surface area contributed by atoms with Gasteiger partial charge < -0.3 is 0 Å². The topological polar surface area (TPSA) is 47.6 Å². The molecule has 0 aliphatic rings. The van der Waals surface area contributed by atoms with Crippen molar-refractivity contribution in [2.24, 2.45) is 0 Å². The molecule has 0 aliphatic carbocycles. The zero-order valence-corrected chi connectivity index (χ0v) is 11.2. The SMILES string of the molecule is N#CCc1ccccc1Sc1ccccc1CC#N. The Morgan fingerprint density at radius 2 is 1.16 bits per heavy atom.